The number of halogens is 1. The normalized spacial score (nSPS) is 19.3. The molecule has 2 atom stereocenters. The monoisotopic (exact) mass is 444 g/mol. The number of aromatic nitrogens is 3. The molecule has 2 N–H and O–H groups in total. The summed E-state index contributed by atoms with van der Waals surface area (Å²) in [6.07, 6.45) is 1.80. The molecule has 1 aliphatic heterocycles. The zero-order valence-electron chi connectivity index (χ0n) is 15.2. The highest BCUT2D eigenvalue weighted by molar-refractivity contribution is 9.10. The van der Waals surface area contributed by atoms with Crippen molar-refractivity contribution in [3.05, 3.63) is 63.8 Å². The first-order valence-electron chi connectivity index (χ1n) is 8.82. The molecule has 1 aromatic carbocycles. The molecule has 2 aromatic heterocycles. The number of thioether (sulfide) groups is 1. The van der Waals surface area contributed by atoms with E-state index in [1.54, 1.807) is 6.20 Å². The van der Waals surface area contributed by atoms with Gasteiger partial charge in [-0.05, 0) is 42.3 Å². The van der Waals surface area contributed by atoms with Crippen LogP contribution in [-0.2, 0) is 7.05 Å². The minimum Gasteiger partial charge on any atom is -0.394 e. The molecular weight excluding hydrogens is 424 g/mol. The highest BCUT2D eigenvalue weighted by Crippen LogP contribution is 2.47. The lowest BCUT2D eigenvalue weighted by Gasteiger charge is -2.19. The first-order valence-corrected chi connectivity index (χ1v) is 10.7. The number of rotatable bonds is 3. The van der Waals surface area contributed by atoms with E-state index in [0.29, 0.717) is 0 Å². The minimum atomic E-state index is -0.0125. The number of anilines is 1. The summed E-state index contributed by atoms with van der Waals surface area (Å²) in [5.41, 5.74) is 5.36. The van der Waals surface area contributed by atoms with Crippen molar-refractivity contribution >= 4 is 33.5 Å². The van der Waals surface area contributed by atoms with E-state index in [9.17, 15) is 5.11 Å². The zero-order valence-corrected chi connectivity index (χ0v) is 17.6. The van der Waals surface area contributed by atoms with Gasteiger partial charge in [-0.15, -0.1) is 11.8 Å². The Balaban J connectivity index is 1.92. The van der Waals surface area contributed by atoms with Gasteiger partial charge < -0.3 is 10.4 Å². The number of hydrogen-bond donors (Lipinski definition) is 2. The van der Waals surface area contributed by atoms with Gasteiger partial charge in [0, 0.05) is 29.0 Å². The van der Waals surface area contributed by atoms with E-state index in [2.05, 4.69) is 51.4 Å². The molecule has 0 fully saturated rings. The van der Waals surface area contributed by atoms with E-state index in [4.69, 9.17) is 5.10 Å². The van der Waals surface area contributed by atoms with Crippen molar-refractivity contribution in [2.45, 2.75) is 18.2 Å². The molecule has 0 saturated carbocycles. The second-order valence-corrected chi connectivity index (χ2v) is 8.74. The molecule has 0 unspecified atom stereocenters. The second-order valence-electron chi connectivity index (χ2n) is 6.69. The maximum Gasteiger partial charge on any atom is 0.129 e. The molecule has 0 spiro atoms. The smallest absolute Gasteiger partial charge is 0.129 e. The SMILES string of the molecule is Cc1cc(Br)ccc1[C@H]1SC[C@H](CO)Nc2c1c(-c1ccccn1)nn2C. The van der Waals surface area contributed by atoms with Gasteiger partial charge in [0.25, 0.3) is 0 Å². The average molecular weight is 445 g/mol. The summed E-state index contributed by atoms with van der Waals surface area (Å²) in [6.45, 7) is 2.22. The fraction of sp³-hybridized carbons (Fsp3) is 0.300. The molecule has 0 saturated heterocycles. The third kappa shape index (κ3) is 3.51. The van der Waals surface area contributed by atoms with E-state index in [-0.39, 0.29) is 17.9 Å². The van der Waals surface area contributed by atoms with Crippen molar-refractivity contribution in [2.24, 2.45) is 7.05 Å². The molecule has 140 valence electrons. The summed E-state index contributed by atoms with van der Waals surface area (Å²) in [7, 11) is 1.94. The van der Waals surface area contributed by atoms with Crippen LogP contribution in [0.2, 0.25) is 0 Å². The van der Waals surface area contributed by atoms with Crippen molar-refractivity contribution in [3.63, 3.8) is 0 Å². The van der Waals surface area contributed by atoms with Crippen LogP contribution in [0, 0.1) is 6.92 Å². The fourth-order valence-electron chi connectivity index (χ4n) is 3.46. The molecule has 0 aliphatic carbocycles. The van der Waals surface area contributed by atoms with Gasteiger partial charge in [-0.3, -0.25) is 9.67 Å². The van der Waals surface area contributed by atoms with Crippen molar-refractivity contribution in [1.82, 2.24) is 14.8 Å². The molecule has 0 radical (unpaired) electrons. The Hall–Kier alpha value is -1.83. The quantitative estimate of drug-likeness (QED) is 0.634. The molecule has 5 nitrogen and oxygen atoms in total. The second kappa shape index (κ2) is 7.66. The predicted molar refractivity (Wildman–Crippen MR) is 114 cm³/mol. The molecule has 0 bridgehead atoms. The van der Waals surface area contributed by atoms with Crippen molar-refractivity contribution in [2.75, 3.05) is 17.7 Å². The lowest BCUT2D eigenvalue weighted by Crippen LogP contribution is -2.26. The Morgan fingerprint density at radius 3 is 2.89 bits per heavy atom. The summed E-state index contributed by atoms with van der Waals surface area (Å²) in [6, 6.07) is 12.3. The van der Waals surface area contributed by atoms with E-state index in [1.807, 2.05) is 41.7 Å². The standard InChI is InChI=1S/C20H21BrN4OS/c1-12-9-13(21)6-7-15(12)19-17-18(16-5-3-4-8-22-16)24-25(2)20(17)23-14(10-26)11-27-19/h3-9,14,19,23,26H,10-11H2,1-2H3/t14-,19+/m0/s1. The van der Waals surface area contributed by atoms with Crippen LogP contribution in [0.5, 0.6) is 0 Å². The van der Waals surface area contributed by atoms with E-state index in [0.717, 1.165) is 33.0 Å². The van der Waals surface area contributed by atoms with E-state index in [1.165, 1.54) is 11.1 Å². The average Bonchev–Trinajstić information content (AvgIpc) is 2.86. The summed E-state index contributed by atoms with van der Waals surface area (Å²) in [4.78, 5) is 4.54. The van der Waals surface area contributed by atoms with E-state index < -0.39 is 0 Å². The fourth-order valence-corrected chi connectivity index (χ4v) is 5.38. The van der Waals surface area contributed by atoms with Crippen molar-refractivity contribution in [1.29, 1.82) is 0 Å². The minimum absolute atomic E-state index is 0.0125. The van der Waals surface area contributed by atoms with Crippen LogP contribution in [0.3, 0.4) is 0 Å². The molecule has 27 heavy (non-hydrogen) atoms. The van der Waals surface area contributed by atoms with Crippen LogP contribution in [0.15, 0.2) is 47.1 Å². The lowest BCUT2D eigenvalue weighted by molar-refractivity contribution is 0.282. The Morgan fingerprint density at radius 2 is 2.19 bits per heavy atom. The molecule has 3 heterocycles. The number of aliphatic hydroxyl groups is 1. The summed E-state index contributed by atoms with van der Waals surface area (Å²) < 4.78 is 2.94. The van der Waals surface area contributed by atoms with Gasteiger partial charge in [0.15, 0.2) is 0 Å². The van der Waals surface area contributed by atoms with Gasteiger partial charge in [-0.2, -0.15) is 5.10 Å². The van der Waals surface area contributed by atoms with Crippen molar-refractivity contribution in [3.8, 4) is 11.4 Å². The van der Waals surface area contributed by atoms with Gasteiger partial charge in [0.1, 0.15) is 11.5 Å². The van der Waals surface area contributed by atoms with Gasteiger partial charge in [0.2, 0.25) is 0 Å². The number of hydrogen-bond acceptors (Lipinski definition) is 5. The molecule has 1 aliphatic rings. The molecule has 4 rings (SSSR count). The number of benzene rings is 1. The highest BCUT2D eigenvalue weighted by Gasteiger charge is 2.32. The Labute approximate surface area is 171 Å². The number of aryl methyl sites for hydroxylation is 2. The Kier molecular flexibility index (Phi) is 5.25. The summed E-state index contributed by atoms with van der Waals surface area (Å²) in [5.74, 6) is 1.76. The van der Waals surface area contributed by atoms with Crippen LogP contribution in [-0.4, -0.2) is 38.3 Å². The largest absolute Gasteiger partial charge is 0.394 e. The third-order valence-corrected chi connectivity index (χ3v) is 6.70. The first kappa shape index (κ1) is 18.5. The van der Waals surface area contributed by atoms with Gasteiger partial charge in [-0.25, -0.2) is 0 Å². The molecule has 3 aromatic rings. The maximum atomic E-state index is 9.78. The first-order chi connectivity index (χ1) is 13.1. The number of fused-ring (bicyclic) bond motifs is 1. The topological polar surface area (TPSA) is 63.0 Å². The number of pyridine rings is 1. The van der Waals surface area contributed by atoms with Crippen molar-refractivity contribution < 1.29 is 5.11 Å². The summed E-state index contributed by atoms with van der Waals surface area (Å²) in [5, 5.41) is 18.2. The zero-order chi connectivity index (χ0) is 19.0. The maximum absolute atomic E-state index is 9.78. The Bertz CT molecular complexity index is 960. The predicted octanol–water partition coefficient (Wildman–Crippen LogP) is 4.16. The lowest BCUT2D eigenvalue weighted by atomic mass is 9.98. The number of nitrogens with one attached hydrogen (secondary N) is 1. The number of nitrogens with zero attached hydrogens (tertiary/aromatic N) is 3. The van der Waals surface area contributed by atoms with Crippen LogP contribution in [0.1, 0.15) is 21.9 Å². The van der Waals surface area contributed by atoms with Gasteiger partial charge in [-0.1, -0.05) is 28.1 Å². The van der Waals surface area contributed by atoms with E-state index >= 15 is 0 Å². The molecular formula is C20H21BrN4OS. The summed E-state index contributed by atoms with van der Waals surface area (Å²) >= 11 is 5.40. The highest BCUT2D eigenvalue weighted by atomic mass is 79.9. The van der Waals surface area contributed by atoms with Crippen LogP contribution in [0.25, 0.3) is 11.4 Å². The molecule has 7 heteroatoms. The van der Waals surface area contributed by atoms with Gasteiger partial charge >= 0.3 is 0 Å². The Morgan fingerprint density at radius 1 is 1.33 bits per heavy atom. The van der Waals surface area contributed by atoms with Gasteiger partial charge in [0.05, 0.1) is 23.6 Å². The number of aliphatic hydroxyl groups excluding tert-OH is 1. The van der Waals surface area contributed by atoms with Crippen LogP contribution >= 0.6 is 27.7 Å². The molecule has 0 amide bonds. The van der Waals surface area contributed by atoms with Crippen LogP contribution < -0.4 is 5.32 Å². The third-order valence-electron chi connectivity index (χ3n) is 4.79. The van der Waals surface area contributed by atoms with Crippen LogP contribution in [0.4, 0.5) is 5.82 Å².